The minimum Gasteiger partial charge on any atom is -0.722 e. The van der Waals surface area contributed by atoms with Crippen molar-refractivity contribution in [2.45, 2.75) is 0 Å². The van der Waals surface area contributed by atoms with Gasteiger partial charge in [-0.3, -0.25) is 0 Å². The van der Waals surface area contributed by atoms with Crippen LogP contribution in [0.15, 0.2) is 60.7 Å². The number of aromatic amines is 1. The number of nitrogens with one attached hydrogen (secondary N) is 1. The van der Waals surface area contributed by atoms with Crippen LogP contribution in [0.2, 0.25) is 0 Å². The number of benzene rings is 3. The molecule has 0 spiro atoms. The number of methoxy groups -OCH3 is 1. The SMILES string of the molecule is COC(=O)c1c2ccccc2[nH+]c2cc3ccccc3cc12.O=S(=O)([O-])F. The lowest BCUT2D eigenvalue weighted by Gasteiger charge is -2.06. The fourth-order valence-electron chi connectivity index (χ4n) is 2.97. The highest BCUT2D eigenvalue weighted by Crippen LogP contribution is 2.28. The van der Waals surface area contributed by atoms with Crippen molar-refractivity contribution < 1.29 is 31.4 Å². The van der Waals surface area contributed by atoms with E-state index in [4.69, 9.17) is 17.7 Å². The summed E-state index contributed by atoms with van der Waals surface area (Å²) in [7, 11) is -4.00. The van der Waals surface area contributed by atoms with Gasteiger partial charge in [0.25, 0.3) is 10.5 Å². The normalized spacial score (nSPS) is 11.2. The summed E-state index contributed by atoms with van der Waals surface area (Å²) in [6, 6.07) is 20.0. The number of carbonyl (C=O) groups is 1. The standard InChI is InChI=1S/C19H13NO2.FHO3S/c1-22-19(21)18-14-8-4-5-9-16(14)20-17-11-13-7-3-2-6-12(13)10-15(17)18;1-5(2,3)4/h2-11H,1H3;(H,2,3,4). The first-order valence-electron chi connectivity index (χ1n) is 7.78. The van der Waals surface area contributed by atoms with Gasteiger partial charge in [0.05, 0.1) is 23.4 Å². The van der Waals surface area contributed by atoms with E-state index in [0.717, 1.165) is 32.6 Å². The van der Waals surface area contributed by atoms with Crippen LogP contribution in [0, 0.1) is 0 Å². The Morgan fingerprint density at radius 3 is 2.15 bits per heavy atom. The molecule has 1 N–H and O–H groups in total. The summed E-state index contributed by atoms with van der Waals surface area (Å²) in [5.41, 5.74) is 2.46. The predicted molar refractivity (Wildman–Crippen MR) is 97.7 cm³/mol. The van der Waals surface area contributed by atoms with Gasteiger partial charge in [0, 0.05) is 12.1 Å². The van der Waals surface area contributed by atoms with Crippen LogP contribution >= 0.6 is 0 Å². The van der Waals surface area contributed by atoms with E-state index in [1.165, 1.54) is 7.11 Å². The van der Waals surface area contributed by atoms with E-state index in [0.29, 0.717) is 5.56 Å². The number of para-hydroxylation sites is 1. The highest BCUT2D eigenvalue weighted by Gasteiger charge is 2.20. The van der Waals surface area contributed by atoms with Gasteiger partial charge in [-0.05, 0) is 22.9 Å². The van der Waals surface area contributed by atoms with Crippen LogP contribution in [-0.4, -0.2) is 26.0 Å². The number of carbonyl (C=O) groups excluding carboxylic acids is 1. The largest absolute Gasteiger partial charge is 0.722 e. The Bertz CT molecular complexity index is 1260. The van der Waals surface area contributed by atoms with Crippen molar-refractivity contribution in [2.75, 3.05) is 7.11 Å². The number of fused-ring (bicyclic) bond motifs is 3. The molecule has 0 atom stereocenters. The molecule has 0 bridgehead atoms. The fourth-order valence-corrected chi connectivity index (χ4v) is 2.97. The molecule has 0 aliphatic heterocycles. The summed E-state index contributed by atoms with van der Waals surface area (Å²) in [5.74, 6) is -0.314. The average molecular weight is 387 g/mol. The quantitative estimate of drug-likeness (QED) is 0.216. The minimum absolute atomic E-state index is 0.314. The number of esters is 1. The molecule has 0 radical (unpaired) electrons. The van der Waals surface area contributed by atoms with E-state index in [9.17, 15) is 8.68 Å². The van der Waals surface area contributed by atoms with Gasteiger partial charge in [-0.2, -0.15) is 0 Å². The lowest BCUT2D eigenvalue weighted by molar-refractivity contribution is -0.310. The molecular formula is C19H14FNO5S. The molecule has 27 heavy (non-hydrogen) atoms. The molecule has 8 heteroatoms. The smallest absolute Gasteiger partial charge is 0.339 e. The van der Waals surface area contributed by atoms with Crippen LogP contribution in [0.4, 0.5) is 3.89 Å². The summed E-state index contributed by atoms with van der Waals surface area (Å²) < 4.78 is 40.3. The van der Waals surface area contributed by atoms with Gasteiger partial charge in [-0.25, -0.2) is 18.2 Å². The Labute approximate surface area is 154 Å². The van der Waals surface area contributed by atoms with Crippen molar-refractivity contribution in [3.8, 4) is 0 Å². The van der Waals surface area contributed by atoms with Gasteiger partial charge in [0.1, 0.15) is 0 Å². The van der Waals surface area contributed by atoms with Crippen molar-refractivity contribution in [3.63, 3.8) is 0 Å². The Kier molecular flexibility index (Phi) is 5.02. The number of ether oxygens (including phenoxy) is 1. The maximum atomic E-state index is 12.3. The van der Waals surface area contributed by atoms with Crippen LogP contribution < -0.4 is 4.98 Å². The molecule has 0 saturated carbocycles. The van der Waals surface area contributed by atoms with Crippen LogP contribution in [-0.2, 0) is 15.2 Å². The van der Waals surface area contributed by atoms with Crippen molar-refractivity contribution in [3.05, 3.63) is 66.2 Å². The lowest BCUT2D eigenvalue weighted by atomic mass is 9.99. The Hall–Kier alpha value is -3.10. The third kappa shape index (κ3) is 4.18. The number of pyridine rings is 1. The highest BCUT2D eigenvalue weighted by molar-refractivity contribution is 7.80. The maximum Gasteiger partial charge on any atom is 0.339 e. The van der Waals surface area contributed by atoms with E-state index in [2.05, 4.69) is 17.1 Å². The molecule has 4 aromatic rings. The van der Waals surface area contributed by atoms with Crippen LogP contribution in [0.1, 0.15) is 10.4 Å². The molecule has 0 aliphatic rings. The highest BCUT2D eigenvalue weighted by atomic mass is 32.3. The third-order valence-electron chi connectivity index (χ3n) is 4.01. The predicted octanol–water partition coefficient (Wildman–Crippen LogP) is 3.16. The molecule has 0 fully saturated rings. The van der Waals surface area contributed by atoms with Gasteiger partial charge >= 0.3 is 5.97 Å². The van der Waals surface area contributed by atoms with Crippen LogP contribution in [0.3, 0.4) is 0 Å². The third-order valence-corrected chi connectivity index (χ3v) is 4.01. The first-order chi connectivity index (χ1) is 12.8. The van der Waals surface area contributed by atoms with Gasteiger partial charge in [0.15, 0.2) is 0 Å². The molecule has 0 aliphatic carbocycles. The van der Waals surface area contributed by atoms with Gasteiger partial charge in [0.2, 0.25) is 11.0 Å². The number of hydrogen-bond donors (Lipinski definition) is 0. The zero-order valence-electron chi connectivity index (χ0n) is 14.1. The van der Waals surface area contributed by atoms with E-state index in [1.54, 1.807) is 0 Å². The number of rotatable bonds is 1. The molecule has 3 aromatic carbocycles. The van der Waals surface area contributed by atoms with E-state index in [-0.39, 0.29) is 5.97 Å². The van der Waals surface area contributed by atoms with Crippen LogP contribution in [0.5, 0.6) is 0 Å². The minimum atomic E-state index is -5.42. The zero-order valence-corrected chi connectivity index (χ0v) is 14.9. The topological polar surface area (TPSA) is 97.6 Å². The number of aromatic nitrogens is 1. The lowest BCUT2D eigenvalue weighted by Crippen LogP contribution is -2.12. The van der Waals surface area contributed by atoms with E-state index in [1.807, 2.05) is 48.5 Å². The summed E-state index contributed by atoms with van der Waals surface area (Å²) in [6.07, 6.45) is 0. The monoisotopic (exact) mass is 387 g/mol. The van der Waals surface area contributed by atoms with Gasteiger partial charge < -0.3 is 9.29 Å². The zero-order chi connectivity index (χ0) is 19.6. The molecule has 0 unspecified atom stereocenters. The molecule has 4 rings (SSSR count). The molecule has 6 nitrogen and oxygen atoms in total. The van der Waals surface area contributed by atoms with Gasteiger partial charge in [-0.15, -0.1) is 3.89 Å². The van der Waals surface area contributed by atoms with Crippen molar-refractivity contribution >= 4 is 49.1 Å². The maximum absolute atomic E-state index is 12.3. The molecule has 1 aromatic heterocycles. The van der Waals surface area contributed by atoms with E-state index < -0.39 is 10.5 Å². The van der Waals surface area contributed by atoms with Crippen molar-refractivity contribution in [1.29, 1.82) is 0 Å². The summed E-state index contributed by atoms with van der Waals surface area (Å²) in [4.78, 5) is 15.8. The summed E-state index contributed by atoms with van der Waals surface area (Å²) in [6.45, 7) is 0. The van der Waals surface area contributed by atoms with Crippen LogP contribution in [0.25, 0.3) is 32.6 Å². The van der Waals surface area contributed by atoms with Crippen molar-refractivity contribution in [1.82, 2.24) is 0 Å². The molecule has 138 valence electrons. The Balaban J connectivity index is 0.000000376. The van der Waals surface area contributed by atoms with Gasteiger partial charge in [-0.1, -0.05) is 36.4 Å². The van der Waals surface area contributed by atoms with E-state index >= 15 is 0 Å². The number of halogens is 1. The molecular weight excluding hydrogens is 373 g/mol. The second-order valence-corrected chi connectivity index (χ2v) is 6.46. The molecule has 0 saturated heterocycles. The first-order valence-corrected chi connectivity index (χ1v) is 9.09. The summed E-state index contributed by atoms with van der Waals surface area (Å²) >= 11 is 0. The second-order valence-electron chi connectivity index (χ2n) is 5.68. The number of hydrogen-bond acceptors (Lipinski definition) is 5. The molecule has 1 heterocycles. The second kappa shape index (κ2) is 7.26. The number of H-pyrrole nitrogens is 1. The average Bonchev–Trinajstić information content (AvgIpc) is 2.62. The Morgan fingerprint density at radius 2 is 1.52 bits per heavy atom. The first kappa shape index (κ1) is 18.7. The summed E-state index contributed by atoms with van der Waals surface area (Å²) in [5, 5.41) is 3.99. The fraction of sp³-hybridized carbons (Fsp3) is 0.0526. The van der Waals surface area contributed by atoms with Crippen molar-refractivity contribution in [2.24, 2.45) is 0 Å². The Morgan fingerprint density at radius 1 is 0.963 bits per heavy atom. The molecule has 0 amide bonds.